The predicted octanol–water partition coefficient (Wildman–Crippen LogP) is 5.83. The smallest absolute Gasteiger partial charge is 0.306 e. The summed E-state index contributed by atoms with van der Waals surface area (Å²) < 4.78 is 34.5. The van der Waals surface area contributed by atoms with Gasteiger partial charge in [0.15, 0.2) is 0 Å². The summed E-state index contributed by atoms with van der Waals surface area (Å²) in [6, 6.07) is 16.1. The molecule has 1 unspecified atom stereocenters. The summed E-state index contributed by atoms with van der Waals surface area (Å²) in [4.78, 5) is 35.0. The third kappa shape index (κ3) is 8.76. The number of carbonyl (C=O) groups is 2. The number of amides is 2. The molecule has 0 radical (unpaired) electrons. The molecule has 0 bridgehead atoms. The number of anilines is 2. The molecule has 0 fully saturated rings. The number of carbonyl (C=O) groups excluding carboxylic acids is 2. The number of benzene rings is 3. The van der Waals surface area contributed by atoms with Crippen molar-refractivity contribution in [2.45, 2.75) is 46.3 Å². The average Bonchev–Trinajstić information content (AvgIpc) is 3.43. The molecule has 1 atom stereocenters. The number of rotatable bonds is 13. The van der Waals surface area contributed by atoms with Crippen molar-refractivity contribution >= 4 is 44.6 Å². The number of aromatic nitrogens is 1. The highest BCUT2D eigenvalue weighted by Gasteiger charge is 2.26. The molecule has 244 valence electrons. The quantitative estimate of drug-likeness (QED) is 0.133. The molecule has 3 aromatic carbocycles. The van der Waals surface area contributed by atoms with Crippen LogP contribution in [-0.4, -0.2) is 61.7 Å². The van der Waals surface area contributed by atoms with Crippen LogP contribution < -0.4 is 19.1 Å². The van der Waals surface area contributed by atoms with Crippen LogP contribution in [0, 0.1) is 6.92 Å². The zero-order valence-corrected chi connectivity index (χ0v) is 28.2. The van der Waals surface area contributed by atoms with Gasteiger partial charge in [0.1, 0.15) is 22.3 Å². The van der Waals surface area contributed by atoms with E-state index in [1.165, 1.54) is 45.4 Å². The van der Waals surface area contributed by atoms with Crippen molar-refractivity contribution < 1.29 is 32.0 Å². The Morgan fingerprint density at radius 3 is 2.37 bits per heavy atom. The summed E-state index contributed by atoms with van der Waals surface area (Å²) in [7, 11) is -0.771. The van der Waals surface area contributed by atoms with Crippen LogP contribution in [0.25, 0.3) is 0 Å². The number of phenolic OH excluding ortho intramolecular Hbond substituents is 1. The maximum Gasteiger partial charge on any atom is 0.306 e. The van der Waals surface area contributed by atoms with E-state index >= 15 is 0 Å². The van der Waals surface area contributed by atoms with Gasteiger partial charge in [-0.1, -0.05) is 19.1 Å². The normalized spacial score (nSPS) is 11.9. The van der Waals surface area contributed by atoms with Crippen LogP contribution in [-0.2, 0) is 23.2 Å². The van der Waals surface area contributed by atoms with Crippen molar-refractivity contribution in [3.05, 3.63) is 93.4 Å². The highest BCUT2D eigenvalue weighted by Crippen LogP contribution is 2.33. The van der Waals surface area contributed by atoms with E-state index in [9.17, 15) is 23.1 Å². The molecule has 0 saturated heterocycles. The minimum atomic E-state index is -3.97. The summed E-state index contributed by atoms with van der Waals surface area (Å²) in [5, 5.41) is 16.8. The van der Waals surface area contributed by atoms with Gasteiger partial charge in [-0.25, -0.2) is 4.98 Å². The monoisotopic (exact) mass is 666 g/mol. The summed E-state index contributed by atoms with van der Waals surface area (Å²) in [6.45, 7) is 6.30. The molecule has 2 N–H and O–H groups in total. The van der Waals surface area contributed by atoms with Crippen molar-refractivity contribution in [3.8, 4) is 17.2 Å². The van der Waals surface area contributed by atoms with Crippen molar-refractivity contribution in [2.75, 3.05) is 30.6 Å². The van der Waals surface area contributed by atoms with Gasteiger partial charge in [-0.05, 0) is 68.3 Å². The lowest BCUT2D eigenvalue weighted by molar-refractivity contribution is 0.0784. The number of nitrogens with one attached hydrogen (secondary N) is 1. The SMILES string of the molecule is CCC(C)N(C(=O)c1cc(OS(C)(=O)=O)cc(C(=O)N(C)Cc2nc(C)cs2)c1)c1ccc(NCc2cccc(OC)c2)c(O)c1. The Bertz CT molecular complexity index is 1820. The van der Waals surface area contributed by atoms with E-state index in [-0.39, 0.29) is 35.2 Å². The Morgan fingerprint density at radius 2 is 1.76 bits per heavy atom. The molecule has 0 aliphatic heterocycles. The highest BCUT2D eigenvalue weighted by atomic mass is 32.2. The first-order chi connectivity index (χ1) is 21.8. The van der Waals surface area contributed by atoms with E-state index in [1.54, 1.807) is 26.3 Å². The number of aryl methyl sites for hydroxylation is 1. The Labute approximate surface area is 273 Å². The maximum absolute atomic E-state index is 14.1. The first kappa shape index (κ1) is 34.3. The average molecular weight is 667 g/mol. The van der Waals surface area contributed by atoms with Gasteiger partial charge < -0.3 is 29.1 Å². The number of nitrogens with zero attached hydrogens (tertiary/aromatic N) is 3. The van der Waals surface area contributed by atoms with Gasteiger partial charge in [-0.15, -0.1) is 11.3 Å². The lowest BCUT2D eigenvalue weighted by Crippen LogP contribution is -2.38. The first-order valence-electron chi connectivity index (χ1n) is 14.5. The van der Waals surface area contributed by atoms with Crippen LogP contribution in [0.15, 0.2) is 66.0 Å². The summed E-state index contributed by atoms with van der Waals surface area (Å²) in [6.07, 6.45) is 1.46. The lowest BCUT2D eigenvalue weighted by Gasteiger charge is -2.29. The molecule has 0 spiro atoms. The molecule has 4 aromatic rings. The number of ether oxygens (including phenoxy) is 1. The number of methoxy groups -OCH3 is 1. The largest absolute Gasteiger partial charge is 0.506 e. The Kier molecular flexibility index (Phi) is 10.9. The molecule has 0 aliphatic carbocycles. The third-order valence-corrected chi connectivity index (χ3v) is 8.61. The van der Waals surface area contributed by atoms with E-state index in [0.29, 0.717) is 24.3 Å². The fourth-order valence-electron chi connectivity index (χ4n) is 4.73. The second-order valence-electron chi connectivity index (χ2n) is 10.9. The molecule has 11 nitrogen and oxygen atoms in total. The molecule has 13 heteroatoms. The third-order valence-electron chi connectivity index (χ3n) is 7.16. The number of aromatic hydroxyl groups is 1. The first-order valence-corrected chi connectivity index (χ1v) is 17.2. The highest BCUT2D eigenvalue weighted by molar-refractivity contribution is 7.86. The van der Waals surface area contributed by atoms with Gasteiger partial charge in [0.2, 0.25) is 0 Å². The van der Waals surface area contributed by atoms with Crippen molar-refractivity contribution in [3.63, 3.8) is 0 Å². The fourth-order valence-corrected chi connectivity index (χ4v) is 6.00. The van der Waals surface area contributed by atoms with Crippen molar-refractivity contribution in [1.29, 1.82) is 0 Å². The second kappa shape index (κ2) is 14.6. The minimum absolute atomic E-state index is 0.0445. The van der Waals surface area contributed by atoms with Crippen LogP contribution in [0.4, 0.5) is 11.4 Å². The van der Waals surface area contributed by atoms with Crippen LogP contribution in [0.1, 0.15) is 57.2 Å². The number of hydrogen-bond donors (Lipinski definition) is 2. The van der Waals surface area contributed by atoms with Gasteiger partial charge in [0.05, 0.1) is 25.6 Å². The molecule has 1 heterocycles. The van der Waals surface area contributed by atoms with E-state index < -0.39 is 21.9 Å². The Balaban J connectivity index is 1.65. The van der Waals surface area contributed by atoms with Gasteiger partial charge in [0.25, 0.3) is 11.8 Å². The summed E-state index contributed by atoms with van der Waals surface area (Å²) in [5.74, 6) is -0.458. The Morgan fingerprint density at radius 1 is 1.04 bits per heavy atom. The van der Waals surface area contributed by atoms with E-state index in [4.69, 9.17) is 8.92 Å². The van der Waals surface area contributed by atoms with Crippen molar-refractivity contribution in [2.24, 2.45) is 0 Å². The predicted molar refractivity (Wildman–Crippen MR) is 180 cm³/mol. The van der Waals surface area contributed by atoms with Crippen molar-refractivity contribution in [1.82, 2.24) is 9.88 Å². The topological polar surface area (TPSA) is 138 Å². The van der Waals surface area contributed by atoms with Gasteiger partial charge in [0, 0.05) is 53.6 Å². The summed E-state index contributed by atoms with van der Waals surface area (Å²) in [5.41, 5.74) is 2.80. The summed E-state index contributed by atoms with van der Waals surface area (Å²) >= 11 is 1.42. The molecule has 46 heavy (non-hydrogen) atoms. The lowest BCUT2D eigenvalue weighted by atomic mass is 10.1. The molecular formula is C33H38N4O7S2. The zero-order chi connectivity index (χ0) is 33.6. The number of phenols is 1. The minimum Gasteiger partial charge on any atom is -0.506 e. The molecular weight excluding hydrogens is 629 g/mol. The Hall–Kier alpha value is -4.62. The molecule has 2 amide bonds. The van der Waals surface area contributed by atoms with E-state index in [2.05, 4.69) is 10.3 Å². The maximum atomic E-state index is 14.1. The van der Waals surface area contributed by atoms with Crippen LogP contribution >= 0.6 is 11.3 Å². The van der Waals surface area contributed by atoms with Gasteiger partial charge in [-0.3, -0.25) is 9.59 Å². The van der Waals surface area contributed by atoms with Gasteiger partial charge in [-0.2, -0.15) is 8.42 Å². The molecule has 1 aromatic heterocycles. The van der Waals surface area contributed by atoms with E-state index in [0.717, 1.165) is 28.3 Å². The number of thiazole rings is 1. The molecule has 4 rings (SSSR count). The van der Waals surface area contributed by atoms with E-state index in [1.807, 2.05) is 50.4 Å². The van der Waals surface area contributed by atoms with Crippen LogP contribution in [0.5, 0.6) is 17.2 Å². The molecule has 0 saturated carbocycles. The van der Waals surface area contributed by atoms with Crippen LogP contribution in [0.3, 0.4) is 0 Å². The zero-order valence-electron chi connectivity index (χ0n) is 26.6. The molecule has 0 aliphatic rings. The standard InChI is InChI=1S/C33H38N4O7S2/c1-7-22(3)37(26-11-12-29(30(38)17-26)34-18-23-9-8-10-27(13-23)43-5)33(40)25-14-24(15-28(16-25)44-46(6,41)42)32(39)36(4)19-31-35-21(2)20-45-31/h8-17,20,22,34,38H,7,18-19H2,1-6H3. The fraction of sp³-hybridized carbons (Fsp3) is 0.303. The number of hydrogen-bond acceptors (Lipinski definition) is 10. The van der Waals surface area contributed by atoms with Gasteiger partial charge >= 0.3 is 10.1 Å². The second-order valence-corrected chi connectivity index (χ2v) is 13.4. The van der Waals surface area contributed by atoms with Crippen LogP contribution in [0.2, 0.25) is 0 Å².